The Hall–Kier alpha value is -2.41. The Morgan fingerprint density at radius 1 is 1.38 bits per heavy atom. The van der Waals surface area contributed by atoms with Crippen LogP contribution >= 0.6 is 0 Å². The zero-order chi connectivity index (χ0) is 19.3. The van der Waals surface area contributed by atoms with E-state index in [1.54, 1.807) is 12.1 Å². The first-order valence-electron chi connectivity index (χ1n) is 8.84. The van der Waals surface area contributed by atoms with Gasteiger partial charge in [0.2, 0.25) is 0 Å². The molecule has 7 heteroatoms. The number of benzene rings is 1. The summed E-state index contributed by atoms with van der Waals surface area (Å²) in [5.74, 6) is -0.495. The number of hydrogen-bond acceptors (Lipinski definition) is 6. The molecule has 142 valence electrons. The van der Waals surface area contributed by atoms with Crippen LogP contribution in [0.5, 0.6) is 0 Å². The molecule has 0 aliphatic carbocycles. The molecule has 26 heavy (non-hydrogen) atoms. The van der Waals surface area contributed by atoms with E-state index in [1.165, 1.54) is 25.3 Å². The van der Waals surface area contributed by atoms with E-state index in [-0.39, 0.29) is 16.7 Å². The highest BCUT2D eigenvalue weighted by Crippen LogP contribution is 2.32. The second kappa shape index (κ2) is 8.80. The van der Waals surface area contributed by atoms with E-state index in [2.05, 4.69) is 23.5 Å². The largest absolute Gasteiger partial charge is 0.466 e. The Bertz CT molecular complexity index is 679. The average Bonchev–Trinajstić information content (AvgIpc) is 2.65. The number of hydrogen-bond donors (Lipinski definition) is 0. The standard InChI is InChI=1S/C19H27N3O4/c1-14(2)21-11-9-16(10-12-21)20(3)17-7-5-15(6-8-19(23)26-4)13-18(17)22(24)25/h5-8,13-14,16H,9-12H2,1-4H3/b8-6-. The van der Waals surface area contributed by atoms with Crippen molar-refractivity contribution in [1.29, 1.82) is 0 Å². The first-order valence-corrected chi connectivity index (χ1v) is 8.84. The molecule has 0 unspecified atom stereocenters. The van der Waals surface area contributed by atoms with Crippen LogP contribution in [0, 0.1) is 10.1 Å². The minimum atomic E-state index is -0.495. The highest BCUT2D eigenvalue weighted by molar-refractivity contribution is 5.87. The molecule has 0 aromatic heterocycles. The van der Waals surface area contributed by atoms with Gasteiger partial charge in [-0.05, 0) is 44.4 Å². The van der Waals surface area contributed by atoms with E-state index in [0.29, 0.717) is 17.3 Å². The molecule has 1 aromatic rings. The molecular weight excluding hydrogens is 334 g/mol. The number of nitro benzene ring substituents is 1. The summed E-state index contributed by atoms with van der Waals surface area (Å²) in [6.45, 7) is 6.38. The first-order chi connectivity index (χ1) is 12.3. The van der Waals surface area contributed by atoms with Crippen molar-refractivity contribution in [1.82, 2.24) is 4.90 Å². The molecule has 0 N–H and O–H groups in total. The Morgan fingerprint density at radius 2 is 2.04 bits per heavy atom. The van der Waals surface area contributed by atoms with Crippen LogP contribution in [0.2, 0.25) is 0 Å². The van der Waals surface area contributed by atoms with Gasteiger partial charge in [0.05, 0.1) is 12.0 Å². The number of piperidine rings is 1. The molecule has 1 fully saturated rings. The molecule has 1 aliphatic heterocycles. The van der Waals surface area contributed by atoms with Gasteiger partial charge in [0.1, 0.15) is 5.69 Å². The number of carbonyl (C=O) groups excluding carboxylic acids is 1. The third-order valence-corrected chi connectivity index (χ3v) is 4.97. The molecule has 1 aliphatic rings. The topological polar surface area (TPSA) is 75.9 Å². The number of rotatable bonds is 6. The van der Waals surface area contributed by atoms with Crippen molar-refractivity contribution in [3.05, 3.63) is 40.0 Å². The van der Waals surface area contributed by atoms with Gasteiger partial charge in [0.25, 0.3) is 5.69 Å². The van der Waals surface area contributed by atoms with Gasteiger partial charge in [0.15, 0.2) is 0 Å². The lowest BCUT2D eigenvalue weighted by atomic mass is 10.0. The molecule has 0 spiro atoms. The van der Waals surface area contributed by atoms with E-state index >= 15 is 0 Å². The van der Waals surface area contributed by atoms with E-state index in [9.17, 15) is 14.9 Å². The van der Waals surface area contributed by atoms with E-state index in [4.69, 9.17) is 0 Å². The van der Waals surface area contributed by atoms with Crippen LogP contribution in [-0.4, -0.2) is 55.1 Å². The van der Waals surface area contributed by atoms with Gasteiger partial charge in [0, 0.05) is 44.4 Å². The highest BCUT2D eigenvalue weighted by Gasteiger charge is 2.27. The number of methoxy groups -OCH3 is 1. The molecule has 7 nitrogen and oxygen atoms in total. The second-order valence-electron chi connectivity index (χ2n) is 6.83. The molecule has 1 heterocycles. The zero-order valence-electron chi connectivity index (χ0n) is 15.8. The minimum absolute atomic E-state index is 0.0470. The average molecular weight is 361 g/mol. The third-order valence-electron chi connectivity index (χ3n) is 4.97. The molecule has 0 radical (unpaired) electrons. The first kappa shape index (κ1) is 19.9. The van der Waals surface area contributed by atoms with Gasteiger partial charge in [-0.25, -0.2) is 4.79 Å². The molecule has 1 aromatic carbocycles. The monoisotopic (exact) mass is 361 g/mol. The number of likely N-dealkylation sites (tertiary alicyclic amines) is 1. The fourth-order valence-corrected chi connectivity index (χ4v) is 3.31. The fraction of sp³-hybridized carbons (Fsp3) is 0.526. The normalized spacial score (nSPS) is 16.2. The fourth-order valence-electron chi connectivity index (χ4n) is 3.31. The minimum Gasteiger partial charge on any atom is -0.466 e. The van der Waals surface area contributed by atoms with Gasteiger partial charge in [-0.2, -0.15) is 0 Å². The predicted octanol–water partition coefficient (Wildman–Crippen LogP) is 3.09. The summed E-state index contributed by atoms with van der Waals surface area (Å²) in [5.41, 5.74) is 1.24. The SMILES string of the molecule is COC(=O)/C=C\c1ccc(N(C)C2CCN(C(C)C)CC2)c([N+](=O)[O-])c1. The zero-order valence-corrected chi connectivity index (χ0v) is 15.8. The molecule has 0 atom stereocenters. The van der Waals surface area contributed by atoms with Crippen LogP contribution < -0.4 is 4.90 Å². The van der Waals surface area contributed by atoms with Crippen molar-refractivity contribution < 1.29 is 14.5 Å². The van der Waals surface area contributed by atoms with Crippen molar-refractivity contribution in [2.24, 2.45) is 0 Å². The number of nitro groups is 1. The molecule has 0 amide bonds. The smallest absolute Gasteiger partial charge is 0.330 e. The number of esters is 1. The summed E-state index contributed by atoms with van der Waals surface area (Å²) in [4.78, 5) is 26.8. The van der Waals surface area contributed by atoms with Gasteiger partial charge in [-0.15, -0.1) is 0 Å². The van der Waals surface area contributed by atoms with Crippen LogP contribution in [-0.2, 0) is 9.53 Å². The van der Waals surface area contributed by atoms with Gasteiger partial charge < -0.3 is 14.5 Å². The lowest BCUT2D eigenvalue weighted by molar-refractivity contribution is -0.384. The lowest BCUT2D eigenvalue weighted by Crippen LogP contribution is -2.45. The lowest BCUT2D eigenvalue weighted by Gasteiger charge is -2.39. The Morgan fingerprint density at radius 3 is 2.58 bits per heavy atom. The summed E-state index contributed by atoms with van der Waals surface area (Å²) in [6.07, 6.45) is 4.74. The molecule has 2 rings (SSSR count). The van der Waals surface area contributed by atoms with Gasteiger partial charge >= 0.3 is 5.97 Å². The van der Waals surface area contributed by atoms with Crippen molar-refractivity contribution in [2.75, 3.05) is 32.1 Å². The van der Waals surface area contributed by atoms with Crippen LogP contribution in [0.25, 0.3) is 6.08 Å². The van der Waals surface area contributed by atoms with E-state index in [0.717, 1.165) is 25.9 Å². The predicted molar refractivity (Wildman–Crippen MR) is 102 cm³/mol. The van der Waals surface area contributed by atoms with E-state index in [1.807, 2.05) is 11.9 Å². The second-order valence-corrected chi connectivity index (χ2v) is 6.83. The van der Waals surface area contributed by atoms with Crippen molar-refractivity contribution in [2.45, 2.75) is 38.8 Å². The van der Waals surface area contributed by atoms with Crippen LogP contribution in [0.4, 0.5) is 11.4 Å². The summed E-state index contributed by atoms with van der Waals surface area (Å²) in [7, 11) is 3.21. The molecule has 0 bridgehead atoms. The summed E-state index contributed by atoms with van der Waals surface area (Å²) in [6, 6.07) is 5.83. The van der Waals surface area contributed by atoms with E-state index < -0.39 is 5.97 Å². The summed E-state index contributed by atoms with van der Waals surface area (Å²) >= 11 is 0. The van der Waals surface area contributed by atoms with Crippen molar-refractivity contribution in [3.8, 4) is 0 Å². The quantitative estimate of drug-likeness (QED) is 0.335. The Balaban J connectivity index is 2.19. The summed E-state index contributed by atoms with van der Waals surface area (Å²) in [5, 5.41) is 11.6. The maximum absolute atomic E-state index is 11.6. The Labute approximate surface area is 154 Å². The van der Waals surface area contributed by atoms with Gasteiger partial charge in [-0.3, -0.25) is 10.1 Å². The van der Waals surface area contributed by atoms with Crippen LogP contribution in [0.15, 0.2) is 24.3 Å². The maximum Gasteiger partial charge on any atom is 0.330 e. The maximum atomic E-state index is 11.6. The van der Waals surface area contributed by atoms with Crippen LogP contribution in [0.1, 0.15) is 32.3 Å². The van der Waals surface area contributed by atoms with Crippen LogP contribution in [0.3, 0.4) is 0 Å². The molecular formula is C19H27N3O4. The number of nitrogens with zero attached hydrogens (tertiary/aromatic N) is 3. The van der Waals surface area contributed by atoms with Gasteiger partial charge in [-0.1, -0.05) is 6.07 Å². The highest BCUT2D eigenvalue weighted by atomic mass is 16.6. The molecule has 0 saturated carbocycles. The Kier molecular flexibility index (Phi) is 6.74. The number of carbonyl (C=O) groups is 1. The third kappa shape index (κ3) is 4.82. The number of anilines is 1. The number of ether oxygens (including phenoxy) is 1. The van der Waals surface area contributed by atoms with Crippen molar-refractivity contribution in [3.63, 3.8) is 0 Å². The van der Waals surface area contributed by atoms with Crippen molar-refractivity contribution >= 4 is 23.4 Å². The summed E-state index contributed by atoms with van der Waals surface area (Å²) < 4.78 is 4.54. The molecule has 1 saturated heterocycles.